The molecule has 4 aliphatic heterocycles. The molecule has 4 heterocycles. The predicted molar refractivity (Wildman–Crippen MR) is 253 cm³/mol. The lowest BCUT2D eigenvalue weighted by Crippen LogP contribution is -2.23. The van der Waals surface area contributed by atoms with Crippen molar-refractivity contribution in [3.05, 3.63) is 77.7 Å². The first-order chi connectivity index (χ1) is 31.3. The Kier molecular flexibility index (Phi) is 13.9. The van der Waals surface area contributed by atoms with E-state index >= 15 is 0 Å². The third-order valence-corrected chi connectivity index (χ3v) is 15.5. The van der Waals surface area contributed by atoms with Gasteiger partial charge in [-0.2, -0.15) is 0 Å². The molecule has 8 bridgehead atoms. The number of rotatable bonds is 16. The summed E-state index contributed by atoms with van der Waals surface area (Å²) in [6.45, 7) is 8.27. The predicted octanol–water partition coefficient (Wildman–Crippen LogP) is 14.7. The molecule has 0 aromatic heterocycles. The summed E-state index contributed by atoms with van der Waals surface area (Å²) in [5, 5.41) is 25.1. The number of phenolic OH excluding ortho intramolecular Hbond substituents is 2. The maximum atomic E-state index is 12.6. The highest BCUT2D eigenvalue weighted by molar-refractivity contribution is 9.11. The number of ether oxygens (including phenoxy) is 8. The molecule has 0 saturated carbocycles. The van der Waals surface area contributed by atoms with Crippen molar-refractivity contribution < 1.29 is 48.1 Å². The SMILES string of the molecule is CCCCCC1c2cc3c4c(O)c2OCOc2c1cc1c(c2Br)OCOc2c(cc5c(c2O)OCOc2c(cc(c(c2Br)OCO4)C3CCCCC)C5CCCCC)C1CCCCC. The molecule has 4 atom stereocenters. The van der Waals surface area contributed by atoms with Crippen LogP contribution in [0, 0.1) is 0 Å². The molecule has 12 heteroatoms. The zero-order valence-electron chi connectivity index (χ0n) is 37.7. The second-order valence-electron chi connectivity index (χ2n) is 18.0. The Balaban J connectivity index is 1.44. The zero-order valence-corrected chi connectivity index (χ0v) is 40.8. The molecular formula is C52H62Br2O10. The summed E-state index contributed by atoms with van der Waals surface area (Å²) in [7, 11) is 0. The van der Waals surface area contributed by atoms with Crippen LogP contribution in [-0.2, 0) is 0 Å². The molecule has 0 radical (unpaired) electrons. The van der Waals surface area contributed by atoms with Crippen molar-refractivity contribution in [2.24, 2.45) is 0 Å². The van der Waals surface area contributed by atoms with Crippen molar-refractivity contribution in [2.45, 2.75) is 154 Å². The lowest BCUT2D eigenvalue weighted by atomic mass is 9.76. The third-order valence-electron chi connectivity index (χ3n) is 14.0. The normalized spacial score (nSPS) is 19.7. The molecule has 4 aromatic rings. The Morgan fingerprint density at radius 1 is 0.359 bits per heavy atom. The Morgan fingerprint density at radius 3 is 0.781 bits per heavy atom. The highest BCUT2D eigenvalue weighted by Crippen LogP contribution is 2.61. The van der Waals surface area contributed by atoms with Gasteiger partial charge in [-0.25, -0.2) is 0 Å². The monoisotopic (exact) mass is 1000 g/mol. The standard InChI is InChI=1S/C52H62Br2O10/c1-5-9-13-17-29-33-21-34-30(18-14-10-6-2)39-24-40-32(20-16-12-8-4)36-22-35-31(19-15-11-7-3)38-23-37(29)49-43(55)50(38)62-27-59-47(35)42(54)48(36)60-28-64-52(40)44(56)51(39)63-26-58-46(34)41(53)45(33)57-25-61-49/h21-24,29-32,55-56H,5-20,25-28H2,1-4H3. The van der Waals surface area contributed by atoms with Gasteiger partial charge in [0, 0.05) is 68.2 Å². The van der Waals surface area contributed by atoms with Crippen molar-refractivity contribution in [1.82, 2.24) is 0 Å². The lowest BCUT2D eigenvalue weighted by Gasteiger charge is -2.36. The van der Waals surface area contributed by atoms with E-state index in [1.165, 1.54) is 0 Å². The van der Waals surface area contributed by atoms with E-state index in [2.05, 4.69) is 83.8 Å². The minimum Gasteiger partial charge on any atom is -0.502 e. The zero-order chi connectivity index (χ0) is 44.5. The van der Waals surface area contributed by atoms with E-state index in [1.54, 1.807) is 0 Å². The molecule has 1 aliphatic carbocycles. The minimum atomic E-state index is -0.233. The van der Waals surface area contributed by atoms with Gasteiger partial charge in [-0.1, -0.05) is 105 Å². The van der Waals surface area contributed by atoms with Crippen LogP contribution in [-0.4, -0.2) is 37.4 Å². The number of halogens is 2. The Labute approximate surface area is 394 Å². The van der Waals surface area contributed by atoms with Gasteiger partial charge in [0.1, 0.15) is 31.9 Å². The molecule has 4 unspecified atom stereocenters. The first kappa shape index (κ1) is 45.0. The number of phenols is 2. The van der Waals surface area contributed by atoms with Crippen LogP contribution in [0.25, 0.3) is 0 Å². The van der Waals surface area contributed by atoms with Crippen LogP contribution in [0.2, 0.25) is 0 Å². The molecule has 64 heavy (non-hydrogen) atoms. The van der Waals surface area contributed by atoms with Crippen LogP contribution in [0.4, 0.5) is 0 Å². The van der Waals surface area contributed by atoms with Crippen molar-refractivity contribution in [3.63, 3.8) is 0 Å². The first-order valence-electron chi connectivity index (χ1n) is 23.8. The van der Waals surface area contributed by atoms with Crippen LogP contribution < -0.4 is 37.9 Å². The largest absolute Gasteiger partial charge is 0.502 e. The smallest absolute Gasteiger partial charge is 0.231 e. The minimum absolute atomic E-state index is 0.0417. The summed E-state index contributed by atoms with van der Waals surface area (Å²) >= 11 is 8.06. The van der Waals surface area contributed by atoms with E-state index in [1.807, 2.05) is 0 Å². The van der Waals surface area contributed by atoms with Gasteiger partial charge in [-0.05, 0) is 81.8 Å². The summed E-state index contributed by atoms with van der Waals surface area (Å²) in [6.07, 6.45) is 15.3. The van der Waals surface area contributed by atoms with Crippen LogP contribution in [0.1, 0.15) is 199 Å². The summed E-state index contributed by atoms with van der Waals surface area (Å²) in [5.74, 6) is 3.03. The van der Waals surface area contributed by atoms with Gasteiger partial charge < -0.3 is 48.1 Å². The van der Waals surface area contributed by atoms with Crippen molar-refractivity contribution in [3.8, 4) is 57.5 Å². The van der Waals surface area contributed by atoms with Gasteiger partial charge in [0.25, 0.3) is 0 Å². The summed E-state index contributed by atoms with van der Waals surface area (Å²) < 4.78 is 53.8. The van der Waals surface area contributed by atoms with Gasteiger partial charge in [-0.15, -0.1) is 0 Å². The van der Waals surface area contributed by atoms with Crippen LogP contribution in [0.15, 0.2) is 33.2 Å². The van der Waals surface area contributed by atoms with E-state index in [0.29, 0.717) is 54.9 Å². The van der Waals surface area contributed by atoms with Crippen molar-refractivity contribution >= 4 is 31.9 Å². The van der Waals surface area contributed by atoms with Crippen LogP contribution in [0.5, 0.6) is 57.5 Å². The fourth-order valence-corrected chi connectivity index (χ4v) is 12.2. The molecule has 0 fully saturated rings. The summed E-state index contributed by atoms with van der Waals surface area (Å²) in [6, 6.07) is 9.07. The van der Waals surface area contributed by atoms with E-state index < -0.39 is 0 Å². The van der Waals surface area contributed by atoms with Crippen LogP contribution in [0.3, 0.4) is 0 Å². The van der Waals surface area contributed by atoms with E-state index in [0.717, 1.165) is 147 Å². The molecule has 344 valence electrons. The fraction of sp³-hybridized carbons (Fsp3) is 0.538. The highest BCUT2D eigenvalue weighted by atomic mass is 79.9. The molecule has 5 aliphatic rings. The second kappa shape index (κ2) is 19.7. The maximum absolute atomic E-state index is 12.6. The number of unbranched alkanes of at least 4 members (excludes halogenated alkanes) is 8. The number of aromatic hydroxyl groups is 2. The Morgan fingerprint density at radius 2 is 0.562 bits per heavy atom. The van der Waals surface area contributed by atoms with Gasteiger partial charge in [-0.3, -0.25) is 0 Å². The van der Waals surface area contributed by atoms with E-state index in [-0.39, 0.29) is 62.3 Å². The highest BCUT2D eigenvalue weighted by Gasteiger charge is 2.41. The molecule has 10 nitrogen and oxygen atoms in total. The molecule has 4 aromatic carbocycles. The van der Waals surface area contributed by atoms with E-state index in [9.17, 15) is 10.2 Å². The molecular weight excluding hydrogens is 944 g/mol. The molecule has 0 saturated heterocycles. The summed E-state index contributed by atoms with van der Waals surface area (Å²) in [4.78, 5) is 0. The average molecular weight is 1010 g/mol. The summed E-state index contributed by atoms with van der Waals surface area (Å²) in [5.41, 5.74) is 7.55. The number of hydrogen-bond donors (Lipinski definition) is 2. The number of hydrogen-bond acceptors (Lipinski definition) is 10. The van der Waals surface area contributed by atoms with Gasteiger partial charge in [0.05, 0.1) is 0 Å². The molecule has 9 rings (SSSR count). The molecule has 0 spiro atoms. The lowest BCUT2D eigenvalue weighted by molar-refractivity contribution is 0.0908. The van der Waals surface area contributed by atoms with Crippen molar-refractivity contribution in [1.29, 1.82) is 0 Å². The van der Waals surface area contributed by atoms with Gasteiger partial charge >= 0.3 is 0 Å². The first-order valence-corrected chi connectivity index (χ1v) is 25.4. The Hall–Kier alpha value is -4.16. The Bertz CT molecular complexity index is 1920. The number of benzene rings is 4. The topological polar surface area (TPSA) is 114 Å². The fourth-order valence-electron chi connectivity index (χ4n) is 10.8. The van der Waals surface area contributed by atoms with E-state index in [4.69, 9.17) is 37.9 Å². The average Bonchev–Trinajstić information content (AvgIpc) is 3.26. The molecule has 2 N–H and O–H groups in total. The second-order valence-corrected chi connectivity index (χ2v) is 19.6. The van der Waals surface area contributed by atoms with Gasteiger partial charge in [0.2, 0.25) is 38.7 Å². The molecule has 0 amide bonds. The van der Waals surface area contributed by atoms with Crippen molar-refractivity contribution in [2.75, 3.05) is 27.2 Å². The quantitative estimate of drug-likeness (QED) is 0.105. The van der Waals surface area contributed by atoms with Gasteiger partial charge in [0.15, 0.2) is 23.0 Å². The van der Waals surface area contributed by atoms with Crippen LogP contribution >= 0.6 is 31.9 Å². The maximum Gasteiger partial charge on any atom is 0.231 e. The third kappa shape index (κ3) is 8.11.